The van der Waals surface area contributed by atoms with Gasteiger partial charge in [-0.2, -0.15) is 0 Å². The Bertz CT molecular complexity index is 407. The summed E-state index contributed by atoms with van der Waals surface area (Å²) in [6.07, 6.45) is 1.49. The standard InChI is InChI=1S/C14H22N2O2S/c1-14(18)5-7-16(8-6-14)11-13(17)15(2)10-12-4-3-9-19-12/h3-4,9,18H,5-8,10-11H2,1-2H3. The number of nitrogens with zero attached hydrogens (tertiary/aromatic N) is 2. The van der Waals surface area contributed by atoms with Crippen molar-refractivity contribution in [2.75, 3.05) is 26.7 Å². The van der Waals surface area contributed by atoms with E-state index in [0.29, 0.717) is 13.1 Å². The highest BCUT2D eigenvalue weighted by atomic mass is 32.1. The molecule has 1 amide bonds. The normalized spacial score (nSPS) is 19.3. The van der Waals surface area contributed by atoms with Gasteiger partial charge < -0.3 is 10.0 Å². The molecule has 1 aliphatic heterocycles. The number of aliphatic hydroxyl groups is 1. The summed E-state index contributed by atoms with van der Waals surface area (Å²) in [7, 11) is 1.85. The molecule has 19 heavy (non-hydrogen) atoms. The van der Waals surface area contributed by atoms with Crippen LogP contribution in [0.4, 0.5) is 0 Å². The van der Waals surface area contributed by atoms with Gasteiger partial charge in [0, 0.05) is 25.0 Å². The number of carbonyl (C=O) groups is 1. The number of carbonyl (C=O) groups excluding carboxylic acids is 1. The van der Waals surface area contributed by atoms with E-state index in [4.69, 9.17) is 0 Å². The number of likely N-dealkylation sites (tertiary alicyclic amines) is 1. The summed E-state index contributed by atoms with van der Waals surface area (Å²) in [5.74, 6) is 0.148. The van der Waals surface area contributed by atoms with Crippen LogP contribution in [0, 0.1) is 0 Å². The number of hydrogen-bond acceptors (Lipinski definition) is 4. The second-order valence-corrected chi connectivity index (χ2v) is 6.63. The van der Waals surface area contributed by atoms with E-state index < -0.39 is 5.60 Å². The quantitative estimate of drug-likeness (QED) is 0.911. The van der Waals surface area contributed by atoms with Crippen LogP contribution in [0.5, 0.6) is 0 Å². The van der Waals surface area contributed by atoms with Gasteiger partial charge >= 0.3 is 0 Å². The Kier molecular flexibility index (Phi) is 4.60. The van der Waals surface area contributed by atoms with E-state index in [-0.39, 0.29) is 5.91 Å². The molecule has 0 aromatic carbocycles. The smallest absolute Gasteiger partial charge is 0.236 e. The number of thiophene rings is 1. The minimum absolute atomic E-state index is 0.148. The van der Waals surface area contributed by atoms with Gasteiger partial charge in [0.25, 0.3) is 0 Å². The number of hydrogen-bond donors (Lipinski definition) is 1. The molecule has 1 aromatic rings. The summed E-state index contributed by atoms with van der Waals surface area (Å²) in [5, 5.41) is 11.9. The summed E-state index contributed by atoms with van der Waals surface area (Å²) in [6, 6.07) is 4.05. The molecule has 5 heteroatoms. The van der Waals surface area contributed by atoms with Gasteiger partial charge in [-0.3, -0.25) is 9.69 Å². The zero-order valence-corrected chi connectivity index (χ0v) is 12.4. The molecule has 0 spiro atoms. The molecular formula is C14H22N2O2S. The summed E-state index contributed by atoms with van der Waals surface area (Å²) < 4.78 is 0. The van der Waals surface area contributed by atoms with Crippen LogP contribution in [0.1, 0.15) is 24.6 Å². The van der Waals surface area contributed by atoms with Gasteiger partial charge in [-0.05, 0) is 31.2 Å². The van der Waals surface area contributed by atoms with Crippen molar-refractivity contribution in [1.29, 1.82) is 0 Å². The van der Waals surface area contributed by atoms with E-state index in [0.717, 1.165) is 25.9 Å². The van der Waals surface area contributed by atoms with Gasteiger partial charge in [-0.25, -0.2) is 0 Å². The Morgan fingerprint density at radius 1 is 1.53 bits per heavy atom. The lowest BCUT2D eigenvalue weighted by Gasteiger charge is -2.35. The maximum atomic E-state index is 12.1. The first kappa shape index (κ1) is 14.5. The van der Waals surface area contributed by atoms with E-state index in [1.165, 1.54) is 4.88 Å². The molecule has 0 radical (unpaired) electrons. The Morgan fingerprint density at radius 2 is 2.21 bits per heavy atom. The molecule has 1 aromatic heterocycles. The molecule has 0 saturated carbocycles. The van der Waals surface area contributed by atoms with E-state index >= 15 is 0 Å². The molecule has 0 atom stereocenters. The fourth-order valence-electron chi connectivity index (χ4n) is 2.23. The topological polar surface area (TPSA) is 43.8 Å². The molecule has 106 valence electrons. The van der Waals surface area contributed by atoms with Crippen LogP contribution in [0.15, 0.2) is 17.5 Å². The third-order valence-corrected chi connectivity index (χ3v) is 4.55. The van der Waals surface area contributed by atoms with Crippen LogP contribution in [0.3, 0.4) is 0 Å². The third-order valence-electron chi connectivity index (χ3n) is 3.69. The predicted molar refractivity (Wildman–Crippen MR) is 77.1 cm³/mol. The van der Waals surface area contributed by atoms with Gasteiger partial charge in [0.1, 0.15) is 0 Å². The molecule has 0 aliphatic carbocycles. The van der Waals surface area contributed by atoms with Crippen LogP contribution < -0.4 is 0 Å². The molecule has 1 fully saturated rings. The highest BCUT2D eigenvalue weighted by molar-refractivity contribution is 7.09. The molecule has 2 rings (SSSR count). The molecule has 1 saturated heterocycles. The minimum Gasteiger partial charge on any atom is -0.390 e. The first-order chi connectivity index (χ1) is 8.96. The SMILES string of the molecule is CN(Cc1cccs1)C(=O)CN1CCC(C)(O)CC1. The Balaban J connectivity index is 1.78. The lowest BCUT2D eigenvalue weighted by atomic mass is 9.94. The fourth-order valence-corrected chi connectivity index (χ4v) is 2.99. The van der Waals surface area contributed by atoms with Crippen molar-refractivity contribution < 1.29 is 9.90 Å². The lowest BCUT2D eigenvalue weighted by molar-refractivity contribution is -0.132. The maximum Gasteiger partial charge on any atom is 0.236 e. The number of rotatable bonds is 4. The van der Waals surface area contributed by atoms with Gasteiger partial charge in [0.05, 0.1) is 18.7 Å². The average Bonchev–Trinajstić information content (AvgIpc) is 2.84. The van der Waals surface area contributed by atoms with Crippen LogP contribution in [0.2, 0.25) is 0 Å². The van der Waals surface area contributed by atoms with Crippen LogP contribution in [-0.2, 0) is 11.3 Å². The fraction of sp³-hybridized carbons (Fsp3) is 0.643. The third kappa shape index (κ3) is 4.30. The molecule has 0 unspecified atom stereocenters. The number of amides is 1. The first-order valence-electron chi connectivity index (χ1n) is 6.67. The van der Waals surface area contributed by atoms with Crippen molar-refractivity contribution in [3.05, 3.63) is 22.4 Å². The first-order valence-corrected chi connectivity index (χ1v) is 7.55. The lowest BCUT2D eigenvalue weighted by Crippen LogP contribution is -2.46. The van der Waals surface area contributed by atoms with Gasteiger partial charge in [-0.15, -0.1) is 11.3 Å². The molecule has 1 N–H and O–H groups in total. The molecule has 0 bridgehead atoms. The summed E-state index contributed by atoms with van der Waals surface area (Å²) in [4.78, 5) is 17.2. The Labute approximate surface area is 118 Å². The maximum absolute atomic E-state index is 12.1. The number of likely N-dealkylation sites (N-methyl/N-ethyl adjacent to an activating group) is 1. The Morgan fingerprint density at radius 3 is 2.79 bits per heavy atom. The van der Waals surface area contributed by atoms with Crippen molar-refractivity contribution >= 4 is 17.2 Å². The highest BCUT2D eigenvalue weighted by Crippen LogP contribution is 2.21. The summed E-state index contributed by atoms with van der Waals surface area (Å²) in [5.41, 5.74) is -0.553. The van der Waals surface area contributed by atoms with Crippen molar-refractivity contribution in [2.45, 2.75) is 31.9 Å². The van der Waals surface area contributed by atoms with Gasteiger partial charge in [-0.1, -0.05) is 6.07 Å². The monoisotopic (exact) mass is 282 g/mol. The zero-order valence-electron chi connectivity index (χ0n) is 11.6. The van der Waals surface area contributed by atoms with Crippen molar-refractivity contribution in [3.8, 4) is 0 Å². The minimum atomic E-state index is -0.553. The van der Waals surface area contributed by atoms with Crippen molar-refractivity contribution in [2.24, 2.45) is 0 Å². The van der Waals surface area contributed by atoms with E-state index in [2.05, 4.69) is 4.90 Å². The van der Waals surface area contributed by atoms with Gasteiger partial charge in [0.2, 0.25) is 5.91 Å². The van der Waals surface area contributed by atoms with Crippen LogP contribution in [0.25, 0.3) is 0 Å². The molecule has 4 nitrogen and oxygen atoms in total. The van der Waals surface area contributed by atoms with E-state index in [1.807, 2.05) is 31.5 Å². The Hall–Kier alpha value is -0.910. The number of piperidine rings is 1. The average molecular weight is 282 g/mol. The summed E-state index contributed by atoms with van der Waals surface area (Å²) in [6.45, 7) is 4.60. The van der Waals surface area contributed by atoms with E-state index in [1.54, 1.807) is 16.2 Å². The molecular weight excluding hydrogens is 260 g/mol. The molecule has 2 heterocycles. The van der Waals surface area contributed by atoms with Crippen molar-refractivity contribution in [3.63, 3.8) is 0 Å². The highest BCUT2D eigenvalue weighted by Gasteiger charge is 2.28. The summed E-state index contributed by atoms with van der Waals surface area (Å²) >= 11 is 1.67. The second kappa shape index (κ2) is 6.03. The van der Waals surface area contributed by atoms with Crippen LogP contribution >= 0.6 is 11.3 Å². The second-order valence-electron chi connectivity index (χ2n) is 5.60. The predicted octanol–water partition coefficient (Wildman–Crippen LogP) is 1.55. The molecule has 1 aliphatic rings. The van der Waals surface area contributed by atoms with Crippen LogP contribution in [-0.4, -0.2) is 53.1 Å². The van der Waals surface area contributed by atoms with E-state index in [9.17, 15) is 9.90 Å². The zero-order chi connectivity index (χ0) is 13.9. The largest absolute Gasteiger partial charge is 0.390 e. The van der Waals surface area contributed by atoms with Crippen molar-refractivity contribution in [1.82, 2.24) is 9.80 Å². The van der Waals surface area contributed by atoms with Gasteiger partial charge in [0.15, 0.2) is 0 Å².